The number of esters is 1. The van der Waals surface area contributed by atoms with Crippen LogP contribution in [0.2, 0.25) is 0 Å². The van der Waals surface area contributed by atoms with Gasteiger partial charge in [-0.05, 0) is 50.4 Å². The van der Waals surface area contributed by atoms with Gasteiger partial charge in [0.05, 0.1) is 17.6 Å². The van der Waals surface area contributed by atoms with Crippen molar-refractivity contribution in [1.29, 1.82) is 0 Å². The van der Waals surface area contributed by atoms with Crippen molar-refractivity contribution in [1.82, 2.24) is 10.2 Å². The summed E-state index contributed by atoms with van der Waals surface area (Å²) in [6.45, 7) is 3.97. The lowest BCUT2D eigenvalue weighted by molar-refractivity contribution is -0.169. The molecule has 10 heteroatoms. The van der Waals surface area contributed by atoms with Gasteiger partial charge in [0.1, 0.15) is 17.6 Å². The molecule has 38 heavy (non-hydrogen) atoms. The minimum absolute atomic E-state index is 0.00303. The quantitative estimate of drug-likeness (QED) is 0.349. The smallest absolute Gasteiger partial charge is 0.326 e. The fourth-order valence-electron chi connectivity index (χ4n) is 6.97. The highest BCUT2D eigenvalue weighted by molar-refractivity contribution is 5.84. The van der Waals surface area contributed by atoms with Crippen LogP contribution in [-0.4, -0.2) is 75.4 Å². The Bertz CT molecular complexity index is 1200. The van der Waals surface area contributed by atoms with E-state index in [4.69, 9.17) is 9.47 Å². The summed E-state index contributed by atoms with van der Waals surface area (Å²) in [6, 6.07) is 2.76. The number of rotatable bonds is 9. The number of aliphatic hydroxyl groups is 2. The first-order valence-corrected chi connectivity index (χ1v) is 13.3. The van der Waals surface area contributed by atoms with Gasteiger partial charge >= 0.3 is 11.9 Å². The number of amides is 1. The Morgan fingerprint density at radius 1 is 1.26 bits per heavy atom. The van der Waals surface area contributed by atoms with Gasteiger partial charge in [-0.15, -0.1) is 0 Å². The van der Waals surface area contributed by atoms with Crippen molar-refractivity contribution in [2.24, 2.45) is 5.92 Å². The molecule has 10 nitrogen and oxygen atoms in total. The minimum Gasteiger partial charge on any atom is -0.481 e. The summed E-state index contributed by atoms with van der Waals surface area (Å²) in [7, 11) is 2.02. The van der Waals surface area contributed by atoms with Crippen LogP contribution in [-0.2, 0) is 37.6 Å². The molecule has 2 aliphatic heterocycles. The lowest BCUT2D eigenvalue weighted by Crippen LogP contribution is -2.74. The predicted molar refractivity (Wildman–Crippen MR) is 135 cm³/mol. The third-order valence-electron chi connectivity index (χ3n) is 8.89. The van der Waals surface area contributed by atoms with E-state index in [9.17, 15) is 29.7 Å². The van der Waals surface area contributed by atoms with Crippen molar-refractivity contribution < 1.29 is 39.2 Å². The van der Waals surface area contributed by atoms with Crippen molar-refractivity contribution >= 4 is 17.8 Å². The molecule has 0 aromatic heterocycles. The van der Waals surface area contributed by atoms with Gasteiger partial charge in [0, 0.05) is 36.4 Å². The molecule has 1 spiro atoms. The van der Waals surface area contributed by atoms with E-state index in [0.29, 0.717) is 36.3 Å². The zero-order valence-corrected chi connectivity index (χ0v) is 22.0. The number of nitrogens with zero attached hydrogens (tertiary/aromatic N) is 1. The molecule has 0 radical (unpaired) electrons. The van der Waals surface area contributed by atoms with E-state index in [0.717, 1.165) is 17.7 Å². The van der Waals surface area contributed by atoms with E-state index in [1.54, 1.807) is 19.9 Å². The van der Waals surface area contributed by atoms with Crippen LogP contribution in [0.4, 0.5) is 0 Å². The van der Waals surface area contributed by atoms with Crippen LogP contribution in [0.15, 0.2) is 24.0 Å². The van der Waals surface area contributed by atoms with E-state index in [2.05, 4.69) is 10.2 Å². The maximum absolute atomic E-state index is 12.8. The maximum Gasteiger partial charge on any atom is 0.326 e. The fraction of sp³-hybridized carbons (Fsp3) is 0.607. The van der Waals surface area contributed by atoms with Gasteiger partial charge in [0.15, 0.2) is 6.10 Å². The van der Waals surface area contributed by atoms with Crippen molar-refractivity contribution in [3.05, 3.63) is 40.7 Å². The molecule has 1 saturated heterocycles. The Kier molecular flexibility index (Phi) is 6.77. The molecule has 5 atom stereocenters. The molecule has 2 heterocycles. The number of carbonyl (C=O) groups excluding carboxylic acids is 2. The van der Waals surface area contributed by atoms with Crippen LogP contribution >= 0.6 is 0 Å². The van der Waals surface area contributed by atoms with Gasteiger partial charge in [-0.2, -0.15) is 0 Å². The molecule has 2 bridgehead atoms. The molecule has 1 aromatic carbocycles. The first kappa shape index (κ1) is 26.6. The summed E-state index contributed by atoms with van der Waals surface area (Å²) in [5.41, 5.74) is 0.760. The van der Waals surface area contributed by atoms with Crippen molar-refractivity contribution in [3.63, 3.8) is 0 Å². The molecule has 0 saturated carbocycles. The Labute approximate surface area is 221 Å². The van der Waals surface area contributed by atoms with Gasteiger partial charge < -0.3 is 35.0 Å². The highest BCUT2D eigenvalue weighted by atomic mass is 16.6. The standard InChI is InChI=1S/C28H36N2O8/c1-15(2)23(26(34)35)29-20(32)5-4-6-21(33)37-18-9-10-28(36)19-13-16-7-8-17(14-31)24-22(16)27(28,25(18)38-24)11-12-30(19)3/h7-9,15,19,23,25,31,36H,4-6,10-14H2,1-3H3,(H,29,32)(H,34,35)/t19-,23+,25+,27+,28-/m1/s1. The lowest BCUT2D eigenvalue weighted by Gasteiger charge is -2.61. The molecule has 206 valence electrons. The van der Waals surface area contributed by atoms with Gasteiger partial charge in [-0.1, -0.05) is 26.0 Å². The first-order valence-electron chi connectivity index (χ1n) is 13.3. The second kappa shape index (κ2) is 9.66. The van der Waals surface area contributed by atoms with E-state index in [1.807, 2.05) is 19.2 Å². The summed E-state index contributed by atoms with van der Waals surface area (Å²) in [5, 5.41) is 33.9. The number of aliphatic carboxylic acids is 1. The molecule has 1 amide bonds. The molecular weight excluding hydrogens is 492 g/mol. The van der Waals surface area contributed by atoms with Gasteiger partial charge in [0.2, 0.25) is 5.91 Å². The van der Waals surface area contributed by atoms with Crippen LogP contribution < -0.4 is 10.1 Å². The number of carboxylic acid groups (broad SMARTS) is 1. The zero-order valence-electron chi connectivity index (χ0n) is 22.0. The van der Waals surface area contributed by atoms with E-state index < -0.39 is 41.0 Å². The largest absolute Gasteiger partial charge is 0.481 e. The summed E-state index contributed by atoms with van der Waals surface area (Å²) in [5.74, 6) is -1.38. The lowest BCUT2D eigenvalue weighted by atomic mass is 9.50. The molecule has 4 N–H and O–H groups in total. The fourth-order valence-corrected chi connectivity index (χ4v) is 6.97. The van der Waals surface area contributed by atoms with Gasteiger partial charge in [-0.25, -0.2) is 4.79 Å². The minimum atomic E-state index is -1.11. The number of piperidine rings is 1. The Hall–Kier alpha value is -2.95. The van der Waals surface area contributed by atoms with E-state index in [-0.39, 0.29) is 37.8 Å². The molecule has 4 aliphatic rings. The van der Waals surface area contributed by atoms with Crippen LogP contribution in [0, 0.1) is 5.92 Å². The number of carbonyl (C=O) groups is 3. The number of ether oxygens (including phenoxy) is 2. The van der Waals surface area contributed by atoms with Gasteiger partial charge in [0.25, 0.3) is 0 Å². The second-order valence-electron chi connectivity index (χ2n) is 11.4. The second-order valence-corrected chi connectivity index (χ2v) is 11.4. The van der Waals surface area contributed by atoms with E-state index >= 15 is 0 Å². The number of hydrogen-bond acceptors (Lipinski definition) is 8. The average molecular weight is 529 g/mol. The highest BCUT2D eigenvalue weighted by Gasteiger charge is 2.71. The molecule has 0 unspecified atom stereocenters. The monoisotopic (exact) mass is 528 g/mol. The third-order valence-corrected chi connectivity index (χ3v) is 8.89. The van der Waals surface area contributed by atoms with Crippen LogP contribution in [0.5, 0.6) is 5.75 Å². The molecule has 1 aromatic rings. The molecule has 5 rings (SSSR count). The number of likely N-dealkylation sites (N-methyl/N-ethyl adjacent to an activating group) is 1. The number of carboxylic acids is 1. The van der Waals surface area contributed by atoms with Crippen molar-refractivity contribution in [2.45, 2.75) is 88.2 Å². The van der Waals surface area contributed by atoms with Crippen molar-refractivity contribution in [3.8, 4) is 5.75 Å². The van der Waals surface area contributed by atoms with Gasteiger partial charge in [-0.3, -0.25) is 9.59 Å². The van der Waals surface area contributed by atoms with Crippen molar-refractivity contribution in [2.75, 3.05) is 13.6 Å². The summed E-state index contributed by atoms with van der Waals surface area (Å²) in [6.07, 6.45) is 2.81. The number of nitrogens with one attached hydrogen (secondary N) is 1. The summed E-state index contributed by atoms with van der Waals surface area (Å²) >= 11 is 0. The number of benzene rings is 1. The Balaban J connectivity index is 1.32. The Morgan fingerprint density at radius 3 is 2.71 bits per heavy atom. The topological polar surface area (TPSA) is 146 Å². The van der Waals surface area contributed by atoms with E-state index in [1.165, 1.54) is 0 Å². The highest BCUT2D eigenvalue weighted by Crippen LogP contribution is 2.64. The number of likely N-dealkylation sites (tertiary alicyclic amines) is 1. The molecular formula is C28H36N2O8. The average Bonchev–Trinajstić information content (AvgIpc) is 3.22. The predicted octanol–water partition coefficient (Wildman–Crippen LogP) is 1.40. The Morgan fingerprint density at radius 2 is 2.03 bits per heavy atom. The SMILES string of the molecule is CC(C)[C@H](NC(=O)CCCC(=O)OC1=CC[C@@]2(O)[C@H]3Cc4ccc(CO)c5c4[C@@]2(CCN3C)[C@H]1O5)C(=O)O. The zero-order chi connectivity index (χ0) is 27.4. The molecule has 2 aliphatic carbocycles. The summed E-state index contributed by atoms with van der Waals surface area (Å²) < 4.78 is 12.2. The maximum atomic E-state index is 12.8. The first-order chi connectivity index (χ1) is 18.0. The number of hydrogen-bond donors (Lipinski definition) is 4. The van der Waals surface area contributed by atoms with Crippen LogP contribution in [0.3, 0.4) is 0 Å². The normalized spacial score (nSPS) is 29.7. The van der Waals surface area contributed by atoms with Crippen LogP contribution in [0.1, 0.15) is 62.6 Å². The third kappa shape index (κ3) is 3.92. The molecule has 1 fully saturated rings. The summed E-state index contributed by atoms with van der Waals surface area (Å²) in [4.78, 5) is 38.5. The van der Waals surface area contributed by atoms with Crippen LogP contribution in [0.25, 0.3) is 0 Å². The number of aliphatic hydroxyl groups excluding tert-OH is 1.